The number of aryl methyl sites for hydroxylation is 1. The average molecular weight is 428 g/mol. The van der Waals surface area contributed by atoms with Gasteiger partial charge in [-0.25, -0.2) is 4.98 Å². The molecule has 0 amide bonds. The summed E-state index contributed by atoms with van der Waals surface area (Å²) in [5.41, 5.74) is 3.89. The quantitative estimate of drug-likeness (QED) is 0.546. The van der Waals surface area contributed by atoms with Crippen LogP contribution in [0, 0.1) is 14.9 Å². The van der Waals surface area contributed by atoms with Crippen molar-refractivity contribution in [3.05, 3.63) is 68.8 Å². The van der Waals surface area contributed by atoms with Crippen LogP contribution in [0.4, 0.5) is 0 Å². The number of benzene rings is 2. The lowest BCUT2D eigenvalue weighted by Crippen LogP contribution is -2.00. The standard InChI is InChI=1S/C20H17IN2O/c1-3-13-10-16-5-4-15(11-19(16)23-20(13)24-2)18(12-22)14-6-8-17(21)9-7-14/h4-11,18H,3H2,1-2H3. The van der Waals surface area contributed by atoms with E-state index in [1.807, 2.05) is 42.5 Å². The number of hydrogen-bond acceptors (Lipinski definition) is 3. The predicted octanol–water partition coefficient (Wildman–Crippen LogP) is 5.07. The number of rotatable bonds is 4. The molecule has 0 bridgehead atoms. The Bertz CT molecular complexity index is 913. The van der Waals surface area contributed by atoms with Gasteiger partial charge in [0.1, 0.15) is 0 Å². The maximum absolute atomic E-state index is 9.66. The molecule has 24 heavy (non-hydrogen) atoms. The Morgan fingerprint density at radius 3 is 2.46 bits per heavy atom. The van der Waals surface area contributed by atoms with Crippen LogP contribution in [0.3, 0.4) is 0 Å². The van der Waals surface area contributed by atoms with Crippen molar-refractivity contribution < 1.29 is 4.74 Å². The van der Waals surface area contributed by atoms with Crippen LogP contribution in [0.25, 0.3) is 10.9 Å². The first-order valence-electron chi connectivity index (χ1n) is 7.79. The van der Waals surface area contributed by atoms with Crippen LogP contribution in [-0.4, -0.2) is 12.1 Å². The molecule has 3 nitrogen and oxygen atoms in total. The van der Waals surface area contributed by atoms with Gasteiger partial charge in [-0.3, -0.25) is 0 Å². The molecule has 0 saturated heterocycles. The Morgan fingerprint density at radius 1 is 1.12 bits per heavy atom. The van der Waals surface area contributed by atoms with E-state index in [0.29, 0.717) is 5.88 Å². The van der Waals surface area contributed by atoms with Crippen LogP contribution < -0.4 is 4.74 Å². The van der Waals surface area contributed by atoms with Gasteiger partial charge in [0.2, 0.25) is 5.88 Å². The lowest BCUT2D eigenvalue weighted by Gasteiger charge is -2.12. The monoisotopic (exact) mass is 428 g/mol. The van der Waals surface area contributed by atoms with Crippen molar-refractivity contribution in [2.75, 3.05) is 7.11 Å². The molecule has 0 fully saturated rings. The van der Waals surface area contributed by atoms with E-state index in [4.69, 9.17) is 4.74 Å². The largest absolute Gasteiger partial charge is 0.481 e. The van der Waals surface area contributed by atoms with Gasteiger partial charge >= 0.3 is 0 Å². The van der Waals surface area contributed by atoms with Crippen LogP contribution >= 0.6 is 22.6 Å². The summed E-state index contributed by atoms with van der Waals surface area (Å²) in [5.74, 6) is 0.356. The van der Waals surface area contributed by atoms with Gasteiger partial charge in [-0.15, -0.1) is 0 Å². The molecule has 3 aromatic rings. The molecule has 1 heterocycles. The summed E-state index contributed by atoms with van der Waals surface area (Å²) in [5, 5.41) is 10.7. The van der Waals surface area contributed by atoms with Gasteiger partial charge in [-0.05, 0) is 64.4 Å². The molecule has 0 aliphatic heterocycles. The molecule has 0 saturated carbocycles. The van der Waals surface area contributed by atoms with E-state index in [-0.39, 0.29) is 5.92 Å². The van der Waals surface area contributed by atoms with Crippen molar-refractivity contribution in [3.8, 4) is 11.9 Å². The summed E-state index contributed by atoms with van der Waals surface area (Å²) in [6.45, 7) is 2.09. The molecule has 1 atom stereocenters. The molecule has 1 aromatic heterocycles. The van der Waals surface area contributed by atoms with Crippen molar-refractivity contribution in [3.63, 3.8) is 0 Å². The first-order chi connectivity index (χ1) is 11.7. The Balaban J connectivity index is 2.08. The second-order valence-corrected chi connectivity index (χ2v) is 6.82. The van der Waals surface area contributed by atoms with E-state index < -0.39 is 0 Å². The number of halogens is 1. The van der Waals surface area contributed by atoms with Crippen molar-refractivity contribution in [2.24, 2.45) is 0 Å². The third kappa shape index (κ3) is 3.22. The summed E-state index contributed by atoms with van der Waals surface area (Å²) in [6, 6.07) is 18.6. The van der Waals surface area contributed by atoms with E-state index in [9.17, 15) is 5.26 Å². The Labute approximate surface area is 155 Å². The van der Waals surface area contributed by atoms with E-state index >= 15 is 0 Å². The van der Waals surface area contributed by atoms with E-state index in [1.54, 1.807) is 7.11 Å². The highest BCUT2D eigenvalue weighted by molar-refractivity contribution is 14.1. The molecular weight excluding hydrogens is 411 g/mol. The van der Waals surface area contributed by atoms with Crippen LogP contribution in [0.15, 0.2) is 48.5 Å². The molecule has 0 N–H and O–H groups in total. The number of hydrogen-bond donors (Lipinski definition) is 0. The minimum Gasteiger partial charge on any atom is -0.481 e. The first kappa shape index (κ1) is 16.7. The van der Waals surface area contributed by atoms with E-state index in [2.05, 4.69) is 46.6 Å². The molecule has 1 unspecified atom stereocenters. The summed E-state index contributed by atoms with van der Waals surface area (Å²) >= 11 is 2.27. The number of ether oxygens (including phenoxy) is 1. The topological polar surface area (TPSA) is 45.9 Å². The number of aromatic nitrogens is 1. The van der Waals surface area contributed by atoms with Crippen LogP contribution in [-0.2, 0) is 6.42 Å². The van der Waals surface area contributed by atoms with Crippen molar-refractivity contribution in [2.45, 2.75) is 19.3 Å². The molecule has 120 valence electrons. The van der Waals surface area contributed by atoms with Crippen molar-refractivity contribution >= 4 is 33.5 Å². The van der Waals surface area contributed by atoms with Gasteiger partial charge in [0, 0.05) is 14.5 Å². The Morgan fingerprint density at radius 2 is 1.83 bits per heavy atom. The fourth-order valence-electron chi connectivity index (χ4n) is 2.82. The fraction of sp³-hybridized carbons (Fsp3) is 0.200. The van der Waals surface area contributed by atoms with Crippen molar-refractivity contribution in [1.29, 1.82) is 5.26 Å². The minimum atomic E-state index is -0.301. The lowest BCUT2D eigenvalue weighted by molar-refractivity contribution is 0.395. The van der Waals surface area contributed by atoms with Gasteiger partial charge in [-0.1, -0.05) is 31.2 Å². The normalized spacial score (nSPS) is 11.9. The zero-order valence-electron chi connectivity index (χ0n) is 13.6. The molecule has 0 spiro atoms. The van der Waals surface area contributed by atoms with Gasteiger partial charge < -0.3 is 4.74 Å². The van der Waals surface area contributed by atoms with Gasteiger partial charge in [-0.2, -0.15) is 5.26 Å². The van der Waals surface area contributed by atoms with E-state index in [1.165, 1.54) is 0 Å². The Kier molecular flexibility index (Phi) is 5.00. The number of fused-ring (bicyclic) bond motifs is 1. The molecule has 0 aliphatic carbocycles. The fourth-order valence-corrected chi connectivity index (χ4v) is 3.18. The van der Waals surface area contributed by atoms with Crippen LogP contribution in [0.2, 0.25) is 0 Å². The summed E-state index contributed by atoms with van der Waals surface area (Å²) in [6.07, 6.45) is 0.872. The predicted molar refractivity (Wildman–Crippen MR) is 104 cm³/mol. The zero-order valence-corrected chi connectivity index (χ0v) is 15.7. The number of nitrogens with zero attached hydrogens (tertiary/aromatic N) is 2. The van der Waals surface area contributed by atoms with Gasteiger partial charge in [0.05, 0.1) is 24.6 Å². The third-order valence-corrected chi connectivity index (χ3v) is 4.84. The molecular formula is C20H17IN2O. The van der Waals surface area contributed by atoms with Gasteiger partial charge in [0.25, 0.3) is 0 Å². The summed E-state index contributed by atoms with van der Waals surface area (Å²) < 4.78 is 6.55. The average Bonchev–Trinajstić information content (AvgIpc) is 2.62. The van der Waals surface area contributed by atoms with E-state index in [0.717, 1.165) is 37.6 Å². The molecule has 2 aromatic carbocycles. The van der Waals surface area contributed by atoms with Crippen LogP contribution in [0.5, 0.6) is 5.88 Å². The number of methoxy groups -OCH3 is 1. The molecule has 3 rings (SSSR count). The SMILES string of the molecule is CCc1cc2ccc(C(C#N)c3ccc(I)cc3)cc2nc1OC. The van der Waals surface area contributed by atoms with Crippen molar-refractivity contribution in [1.82, 2.24) is 4.98 Å². The smallest absolute Gasteiger partial charge is 0.216 e. The van der Waals surface area contributed by atoms with Gasteiger partial charge in [0.15, 0.2) is 0 Å². The molecule has 0 radical (unpaired) electrons. The second-order valence-electron chi connectivity index (χ2n) is 5.58. The summed E-state index contributed by atoms with van der Waals surface area (Å²) in [7, 11) is 1.64. The Hall–Kier alpha value is -2.13. The lowest BCUT2D eigenvalue weighted by atomic mass is 9.92. The third-order valence-electron chi connectivity index (χ3n) is 4.12. The maximum Gasteiger partial charge on any atom is 0.216 e. The first-order valence-corrected chi connectivity index (χ1v) is 8.86. The number of nitriles is 1. The zero-order chi connectivity index (χ0) is 17.1. The minimum absolute atomic E-state index is 0.301. The highest BCUT2D eigenvalue weighted by atomic mass is 127. The molecule has 4 heteroatoms. The molecule has 0 aliphatic rings. The van der Waals surface area contributed by atoms with Crippen LogP contribution in [0.1, 0.15) is 29.5 Å². The highest BCUT2D eigenvalue weighted by Gasteiger charge is 2.15. The highest BCUT2D eigenvalue weighted by Crippen LogP contribution is 2.29. The second kappa shape index (κ2) is 7.18. The maximum atomic E-state index is 9.66. The summed E-state index contributed by atoms with van der Waals surface area (Å²) in [4.78, 5) is 4.62. The number of pyridine rings is 1.